The van der Waals surface area contributed by atoms with Gasteiger partial charge in [0.1, 0.15) is 0 Å². The number of non-ortho nitro benzene ring substituents is 1. The monoisotopic (exact) mass is 340 g/mol. The van der Waals surface area contributed by atoms with E-state index in [-0.39, 0.29) is 11.7 Å². The van der Waals surface area contributed by atoms with Crippen LogP contribution in [-0.4, -0.2) is 27.5 Å². The molecule has 0 aliphatic heterocycles. The summed E-state index contributed by atoms with van der Waals surface area (Å²) in [6.07, 6.45) is 0. The molecule has 2 aromatic carbocycles. The molecule has 8 heteroatoms. The van der Waals surface area contributed by atoms with E-state index in [0.717, 1.165) is 5.56 Å². The van der Waals surface area contributed by atoms with Crippen molar-refractivity contribution in [1.29, 1.82) is 0 Å². The second-order valence-corrected chi connectivity index (χ2v) is 5.32. The molecule has 1 heterocycles. The van der Waals surface area contributed by atoms with Gasteiger partial charge in [-0.1, -0.05) is 12.1 Å². The van der Waals surface area contributed by atoms with Crippen LogP contribution in [0.25, 0.3) is 11.0 Å². The van der Waals surface area contributed by atoms with Crippen LogP contribution >= 0.6 is 0 Å². The van der Waals surface area contributed by atoms with E-state index in [0.29, 0.717) is 35.7 Å². The van der Waals surface area contributed by atoms with E-state index in [9.17, 15) is 14.9 Å². The number of ether oxygens (including phenoxy) is 1. The van der Waals surface area contributed by atoms with E-state index < -0.39 is 4.92 Å². The molecule has 0 unspecified atom stereocenters. The van der Waals surface area contributed by atoms with Crippen LogP contribution in [-0.2, 0) is 11.3 Å². The highest BCUT2D eigenvalue weighted by atomic mass is 16.6. The Morgan fingerprint density at radius 2 is 2.16 bits per heavy atom. The third-order valence-electron chi connectivity index (χ3n) is 3.57. The van der Waals surface area contributed by atoms with Crippen LogP contribution in [0.4, 0.5) is 11.6 Å². The molecule has 3 aromatic rings. The highest BCUT2D eigenvalue weighted by molar-refractivity contribution is 5.94. The molecule has 0 atom stereocenters. The zero-order valence-corrected chi connectivity index (χ0v) is 13.5. The van der Waals surface area contributed by atoms with Crippen LogP contribution in [0.15, 0.2) is 42.5 Å². The van der Waals surface area contributed by atoms with E-state index in [2.05, 4.69) is 15.3 Å². The molecule has 0 aliphatic rings. The Hall–Kier alpha value is -3.42. The van der Waals surface area contributed by atoms with Gasteiger partial charge in [0.25, 0.3) is 5.69 Å². The molecular formula is C17H16N4O4. The van der Waals surface area contributed by atoms with Crippen molar-refractivity contribution in [2.45, 2.75) is 13.5 Å². The van der Waals surface area contributed by atoms with E-state index >= 15 is 0 Å². The maximum Gasteiger partial charge on any atom is 0.338 e. The smallest absolute Gasteiger partial charge is 0.338 e. The third kappa shape index (κ3) is 3.74. The summed E-state index contributed by atoms with van der Waals surface area (Å²) in [5.41, 5.74) is 2.66. The molecule has 0 fully saturated rings. The number of carbonyl (C=O) groups is 1. The van der Waals surface area contributed by atoms with Gasteiger partial charge in [-0.25, -0.2) is 9.78 Å². The lowest BCUT2D eigenvalue weighted by Gasteiger charge is -2.02. The molecule has 0 bridgehead atoms. The first-order valence-electron chi connectivity index (χ1n) is 7.71. The van der Waals surface area contributed by atoms with Gasteiger partial charge in [0.05, 0.1) is 28.1 Å². The summed E-state index contributed by atoms with van der Waals surface area (Å²) < 4.78 is 4.98. The summed E-state index contributed by atoms with van der Waals surface area (Å²) in [5.74, 6) is 0.132. The Labute approximate surface area is 143 Å². The number of fused-ring (bicyclic) bond motifs is 1. The molecule has 8 nitrogen and oxygen atoms in total. The molecule has 0 spiro atoms. The normalized spacial score (nSPS) is 10.6. The lowest BCUT2D eigenvalue weighted by Crippen LogP contribution is -2.04. The Morgan fingerprint density at radius 3 is 2.92 bits per heavy atom. The fourth-order valence-electron chi connectivity index (χ4n) is 2.40. The van der Waals surface area contributed by atoms with Gasteiger partial charge in [-0.05, 0) is 30.7 Å². The minimum absolute atomic E-state index is 0.0444. The van der Waals surface area contributed by atoms with E-state index in [1.165, 1.54) is 12.1 Å². The second kappa shape index (κ2) is 7.00. The van der Waals surface area contributed by atoms with Gasteiger partial charge < -0.3 is 15.0 Å². The Bertz CT molecular complexity index is 935. The Balaban J connectivity index is 1.75. The van der Waals surface area contributed by atoms with E-state index in [1.807, 2.05) is 0 Å². The van der Waals surface area contributed by atoms with E-state index in [1.54, 1.807) is 37.3 Å². The van der Waals surface area contributed by atoms with E-state index in [4.69, 9.17) is 4.74 Å². The molecule has 0 radical (unpaired) electrons. The van der Waals surface area contributed by atoms with Gasteiger partial charge in [-0.3, -0.25) is 10.1 Å². The lowest BCUT2D eigenvalue weighted by molar-refractivity contribution is -0.384. The number of hydrogen-bond acceptors (Lipinski definition) is 6. The van der Waals surface area contributed by atoms with Crippen molar-refractivity contribution in [2.24, 2.45) is 0 Å². The first-order valence-corrected chi connectivity index (χ1v) is 7.71. The number of imidazole rings is 1. The first-order chi connectivity index (χ1) is 12.1. The zero-order chi connectivity index (χ0) is 17.8. The number of rotatable bonds is 6. The summed E-state index contributed by atoms with van der Waals surface area (Å²) in [6.45, 7) is 2.45. The number of benzene rings is 2. The average Bonchev–Trinajstić information content (AvgIpc) is 3.02. The zero-order valence-electron chi connectivity index (χ0n) is 13.5. The van der Waals surface area contributed by atoms with Gasteiger partial charge in [0.2, 0.25) is 5.95 Å². The van der Waals surface area contributed by atoms with Gasteiger partial charge in [-0.15, -0.1) is 0 Å². The fraction of sp³-hybridized carbons (Fsp3) is 0.176. The third-order valence-corrected chi connectivity index (χ3v) is 3.57. The van der Waals surface area contributed by atoms with Crippen LogP contribution in [0.5, 0.6) is 0 Å². The van der Waals surface area contributed by atoms with Crippen LogP contribution in [0.2, 0.25) is 0 Å². The van der Waals surface area contributed by atoms with Crippen LogP contribution in [0, 0.1) is 10.1 Å². The maximum absolute atomic E-state index is 11.8. The predicted octanol–water partition coefficient (Wildman–Crippen LogP) is 3.26. The SMILES string of the molecule is CCOC(=O)c1ccc2nc(NCc3cccc([N+](=O)[O-])c3)[nH]c2c1. The molecule has 0 saturated heterocycles. The van der Waals surface area contributed by atoms with Crippen LogP contribution in [0.3, 0.4) is 0 Å². The molecule has 3 rings (SSSR count). The highest BCUT2D eigenvalue weighted by Gasteiger charge is 2.10. The number of aromatic amines is 1. The van der Waals surface area contributed by atoms with Crippen molar-refractivity contribution < 1.29 is 14.5 Å². The molecule has 128 valence electrons. The maximum atomic E-state index is 11.8. The fourth-order valence-corrected chi connectivity index (χ4v) is 2.40. The summed E-state index contributed by atoms with van der Waals surface area (Å²) in [5, 5.41) is 13.9. The van der Waals surface area contributed by atoms with Crippen molar-refractivity contribution in [2.75, 3.05) is 11.9 Å². The number of nitro benzene ring substituents is 1. The van der Waals surface area contributed by atoms with Gasteiger partial charge in [0, 0.05) is 18.7 Å². The number of esters is 1. The molecule has 0 saturated carbocycles. The Morgan fingerprint density at radius 1 is 1.32 bits per heavy atom. The van der Waals surface area contributed by atoms with Crippen molar-refractivity contribution in [3.63, 3.8) is 0 Å². The second-order valence-electron chi connectivity index (χ2n) is 5.32. The molecule has 25 heavy (non-hydrogen) atoms. The first kappa shape index (κ1) is 16.4. The molecule has 2 N–H and O–H groups in total. The van der Waals surface area contributed by atoms with Crippen LogP contribution < -0.4 is 5.32 Å². The molecule has 0 aliphatic carbocycles. The van der Waals surface area contributed by atoms with Crippen molar-refractivity contribution >= 4 is 28.6 Å². The minimum Gasteiger partial charge on any atom is -0.462 e. The summed E-state index contributed by atoms with van der Waals surface area (Å²) in [6, 6.07) is 11.5. The molecular weight excluding hydrogens is 324 g/mol. The average molecular weight is 340 g/mol. The summed E-state index contributed by atoms with van der Waals surface area (Å²) >= 11 is 0. The number of hydrogen-bond donors (Lipinski definition) is 2. The number of anilines is 1. The summed E-state index contributed by atoms with van der Waals surface area (Å²) in [7, 11) is 0. The Kier molecular flexibility index (Phi) is 4.60. The highest BCUT2D eigenvalue weighted by Crippen LogP contribution is 2.18. The molecule has 1 aromatic heterocycles. The van der Waals surface area contributed by atoms with Crippen molar-refractivity contribution in [1.82, 2.24) is 9.97 Å². The van der Waals surface area contributed by atoms with Gasteiger partial charge in [0.15, 0.2) is 0 Å². The van der Waals surface area contributed by atoms with Crippen LogP contribution in [0.1, 0.15) is 22.8 Å². The van der Waals surface area contributed by atoms with Crippen molar-refractivity contribution in [3.8, 4) is 0 Å². The topological polar surface area (TPSA) is 110 Å². The number of carbonyl (C=O) groups excluding carboxylic acids is 1. The molecule has 0 amide bonds. The number of H-pyrrole nitrogens is 1. The number of nitrogens with one attached hydrogen (secondary N) is 2. The minimum atomic E-state index is -0.429. The quantitative estimate of drug-likeness (QED) is 0.405. The van der Waals surface area contributed by atoms with Gasteiger partial charge in [-0.2, -0.15) is 0 Å². The largest absolute Gasteiger partial charge is 0.462 e. The lowest BCUT2D eigenvalue weighted by atomic mass is 10.2. The number of nitrogens with zero attached hydrogens (tertiary/aromatic N) is 2. The predicted molar refractivity (Wildman–Crippen MR) is 92.5 cm³/mol. The van der Waals surface area contributed by atoms with Gasteiger partial charge >= 0.3 is 5.97 Å². The standard InChI is InChI=1S/C17H16N4O4/c1-2-25-16(22)12-6-7-14-15(9-12)20-17(19-14)18-10-11-4-3-5-13(8-11)21(23)24/h3-9H,2,10H2,1H3,(H2,18,19,20). The number of nitro groups is 1. The van der Waals surface area contributed by atoms with Crippen molar-refractivity contribution in [3.05, 3.63) is 63.7 Å². The summed E-state index contributed by atoms with van der Waals surface area (Å²) in [4.78, 5) is 29.6. The number of aromatic nitrogens is 2.